The van der Waals surface area contributed by atoms with Gasteiger partial charge in [-0.15, -0.1) is 0 Å². The molecule has 3 heterocycles. The van der Waals surface area contributed by atoms with Crippen LogP contribution in [0.3, 0.4) is 0 Å². The lowest BCUT2D eigenvalue weighted by molar-refractivity contribution is -0.193. The number of amides is 1. The molecule has 5 nitrogen and oxygen atoms in total. The van der Waals surface area contributed by atoms with Crippen LogP contribution >= 0.6 is 0 Å². The van der Waals surface area contributed by atoms with Crippen LogP contribution in [0.4, 0.5) is 0 Å². The Bertz CT molecular complexity index is 538. The van der Waals surface area contributed by atoms with Crippen molar-refractivity contribution in [3.05, 3.63) is 24.4 Å². The third-order valence-corrected chi connectivity index (χ3v) is 4.84. The molecule has 0 radical (unpaired) electrons. The second kappa shape index (κ2) is 5.54. The minimum absolute atomic E-state index is 0.129. The van der Waals surface area contributed by atoms with Crippen molar-refractivity contribution in [2.24, 2.45) is 5.92 Å². The van der Waals surface area contributed by atoms with E-state index in [1.165, 1.54) is 12.8 Å². The number of rotatable bonds is 4. The van der Waals surface area contributed by atoms with Crippen LogP contribution in [0, 0.1) is 5.92 Å². The van der Waals surface area contributed by atoms with E-state index in [0.29, 0.717) is 24.3 Å². The second-order valence-electron chi connectivity index (χ2n) is 6.83. The van der Waals surface area contributed by atoms with Gasteiger partial charge in [0.1, 0.15) is 11.7 Å². The molecule has 1 amide bonds. The smallest absolute Gasteiger partial charge is 0.223 e. The largest absolute Gasteiger partial charge is 0.474 e. The van der Waals surface area contributed by atoms with Crippen molar-refractivity contribution in [1.29, 1.82) is 0 Å². The van der Waals surface area contributed by atoms with Crippen LogP contribution in [-0.2, 0) is 9.53 Å². The third kappa shape index (κ3) is 2.95. The summed E-state index contributed by atoms with van der Waals surface area (Å²) in [5.74, 6) is 1.62. The molecule has 0 N–H and O–H groups in total. The fraction of sp³-hybridized carbons (Fsp3) is 0.647. The summed E-state index contributed by atoms with van der Waals surface area (Å²) < 4.78 is 11.9. The number of ether oxygens (including phenoxy) is 2. The van der Waals surface area contributed by atoms with Crippen molar-refractivity contribution in [1.82, 2.24) is 9.88 Å². The highest BCUT2D eigenvalue weighted by molar-refractivity contribution is 5.78. The Labute approximate surface area is 130 Å². The van der Waals surface area contributed by atoms with Crippen molar-refractivity contribution in [3.63, 3.8) is 0 Å². The first-order chi connectivity index (χ1) is 10.7. The summed E-state index contributed by atoms with van der Waals surface area (Å²) in [6.07, 6.45) is 6.77. The molecule has 1 aliphatic carbocycles. The molecule has 118 valence electrons. The lowest BCUT2D eigenvalue weighted by Crippen LogP contribution is -2.67. The molecule has 1 saturated carbocycles. The van der Waals surface area contributed by atoms with E-state index in [-0.39, 0.29) is 11.7 Å². The summed E-state index contributed by atoms with van der Waals surface area (Å²) in [6, 6.07) is 5.70. The molecule has 5 heteroatoms. The molecule has 0 bridgehead atoms. The molecule has 1 spiro atoms. The number of carbonyl (C=O) groups is 1. The van der Waals surface area contributed by atoms with E-state index >= 15 is 0 Å². The summed E-state index contributed by atoms with van der Waals surface area (Å²) in [5.41, 5.74) is -0.184. The van der Waals surface area contributed by atoms with Crippen LogP contribution < -0.4 is 4.74 Å². The molecule has 2 aliphatic heterocycles. The number of pyridine rings is 1. The first-order valence-corrected chi connectivity index (χ1v) is 8.22. The van der Waals surface area contributed by atoms with Crippen LogP contribution in [0.25, 0.3) is 0 Å². The summed E-state index contributed by atoms with van der Waals surface area (Å²) in [4.78, 5) is 18.3. The van der Waals surface area contributed by atoms with E-state index in [2.05, 4.69) is 4.98 Å². The summed E-state index contributed by atoms with van der Waals surface area (Å²) in [7, 11) is 0. The van der Waals surface area contributed by atoms with Gasteiger partial charge in [-0.25, -0.2) is 4.98 Å². The Kier molecular flexibility index (Phi) is 3.53. The van der Waals surface area contributed by atoms with Crippen molar-refractivity contribution < 1.29 is 14.3 Å². The summed E-state index contributed by atoms with van der Waals surface area (Å²) in [5, 5.41) is 0. The Morgan fingerprint density at radius 3 is 2.95 bits per heavy atom. The first-order valence-electron chi connectivity index (χ1n) is 8.22. The van der Waals surface area contributed by atoms with E-state index in [1.54, 1.807) is 6.20 Å². The Hall–Kier alpha value is -1.62. The highest BCUT2D eigenvalue weighted by Gasteiger charge is 2.50. The Balaban J connectivity index is 1.31. The molecule has 3 aliphatic rings. The minimum atomic E-state index is -0.184. The average molecular weight is 302 g/mol. The van der Waals surface area contributed by atoms with Crippen molar-refractivity contribution in [3.8, 4) is 5.88 Å². The summed E-state index contributed by atoms with van der Waals surface area (Å²) >= 11 is 0. The molecular formula is C17H22N2O3. The van der Waals surface area contributed by atoms with Gasteiger partial charge in [-0.2, -0.15) is 0 Å². The average Bonchev–Trinajstić information content (AvgIpc) is 3.30. The highest BCUT2D eigenvalue weighted by atomic mass is 16.5. The lowest BCUT2D eigenvalue weighted by atomic mass is 9.84. The SMILES string of the molecule is O=C(CC1CC1)N1CC2(C[C@H](Oc3ccccn3)CCO2)C1. The van der Waals surface area contributed by atoms with E-state index in [9.17, 15) is 4.79 Å². The molecule has 0 aromatic carbocycles. The monoisotopic (exact) mass is 302 g/mol. The Morgan fingerprint density at radius 2 is 2.23 bits per heavy atom. The fourth-order valence-corrected chi connectivity index (χ4v) is 3.42. The van der Waals surface area contributed by atoms with Crippen LogP contribution in [-0.4, -0.2) is 47.2 Å². The summed E-state index contributed by atoms with van der Waals surface area (Å²) in [6.45, 7) is 2.14. The quantitative estimate of drug-likeness (QED) is 0.854. The van der Waals surface area contributed by atoms with E-state index in [0.717, 1.165) is 32.4 Å². The number of aromatic nitrogens is 1. The van der Waals surface area contributed by atoms with Gasteiger partial charge in [0.25, 0.3) is 0 Å². The van der Waals surface area contributed by atoms with Gasteiger partial charge < -0.3 is 14.4 Å². The lowest BCUT2D eigenvalue weighted by Gasteiger charge is -2.52. The third-order valence-electron chi connectivity index (χ3n) is 4.84. The predicted molar refractivity (Wildman–Crippen MR) is 80.5 cm³/mol. The fourth-order valence-electron chi connectivity index (χ4n) is 3.42. The molecule has 0 unspecified atom stereocenters. The van der Waals surface area contributed by atoms with Gasteiger partial charge in [-0.1, -0.05) is 6.07 Å². The maximum absolute atomic E-state index is 12.1. The molecule has 2 saturated heterocycles. The standard InChI is InChI=1S/C17H22N2O3/c20-16(9-13-4-5-13)19-11-17(12-19)10-14(6-8-21-17)22-15-3-1-2-7-18-15/h1-3,7,13-14H,4-6,8-12H2/t14-/m1/s1. The molecular weight excluding hydrogens is 280 g/mol. The highest BCUT2D eigenvalue weighted by Crippen LogP contribution is 2.38. The molecule has 1 atom stereocenters. The van der Waals surface area contributed by atoms with Crippen LogP contribution in [0.2, 0.25) is 0 Å². The molecule has 22 heavy (non-hydrogen) atoms. The van der Waals surface area contributed by atoms with Crippen molar-refractivity contribution >= 4 is 5.91 Å². The topological polar surface area (TPSA) is 51.7 Å². The molecule has 4 rings (SSSR count). The zero-order valence-corrected chi connectivity index (χ0v) is 12.7. The number of carbonyl (C=O) groups excluding carboxylic acids is 1. The van der Waals surface area contributed by atoms with Crippen LogP contribution in [0.15, 0.2) is 24.4 Å². The van der Waals surface area contributed by atoms with Gasteiger partial charge in [-0.05, 0) is 24.8 Å². The van der Waals surface area contributed by atoms with Gasteiger partial charge in [0.15, 0.2) is 0 Å². The zero-order chi connectivity index (χ0) is 15.0. The number of hydrogen-bond acceptors (Lipinski definition) is 4. The Morgan fingerprint density at radius 1 is 1.36 bits per heavy atom. The number of likely N-dealkylation sites (tertiary alicyclic amines) is 1. The van der Waals surface area contributed by atoms with E-state index in [4.69, 9.17) is 9.47 Å². The van der Waals surface area contributed by atoms with Gasteiger partial charge in [0.2, 0.25) is 11.8 Å². The van der Waals surface area contributed by atoms with Gasteiger partial charge in [0, 0.05) is 31.5 Å². The van der Waals surface area contributed by atoms with E-state index in [1.807, 2.05) is 23.1 Å². The first kappa shape index (κ1) is 14.0. The predicted octanol–water partition coefficient (Wildman–Crippen LogP) is 2.02. The van der Waals surface area contributed by atoms with Crippen molar-refractivity contribution in [2.45, 2.75) is 43.8 Å². The van der Waals surface area contributed by atoms with Crippen LogP contribution in [0.1, 0.15) is 32.1 Å². The maximum atomic E-state index is 12.1. The number of nitrogens with zero attached hydrogens (tertiary/aromatic N) is 2. The molecule has 1 aromatic heterocycles. The van der Waals surface area contributed by atoms with Crippen molar-refractivity contribution in [2.75, 3.05) is 19.7 Å². The minimum Gasteiger partial charge on any atom is -0.474 e. The molecule has 1 aromatic rings. The second-order valence-corrected chi connectivity index (χ2v) is 6.83. The van der Waals surface area contributed by atoms with E-state index < -0.39 is 0 Å². The zero-order valence-electron chi connectivity index (χ0n) is 12.7. The maximum Gasteiger partial charge on any atom is 0.223 e. The van der Waals surface area contributed by atoms with Crippen LogP contribution in [0.5, 0.6) is 5.88 Å². The number of hydrogen-bond donors (Lipinski definition) is 0. The van der Waals surface area contributed by atoms with Gasteiger partial charge >= 0.3 is 0 Å². The van der Waals surface area contributed by atoms with Gasteiger partial charge in [-0.3, -0.25) is 4.79 Å². The molecule has 3 fully saturated rings. The normalized spacial score (nSPS) is 26.5. The van der Waals surface area contributed by atoms with Gasteiger partial charge in [0.05, 0.1) is 19.7 Å².